The summed E-state index contributed by atoms with van der Waals surface area (Å²) in [6.45, 7) is 6.20. The van der Waals surface area contributed by atoms with Gasteiger partial charge in [0.05, 0.1) is 0 Å². The first-order valence-corrected chi connectivity index (χ1v) is 13.7. The van der Waals surface area contributed by atoms with E-state index in [4.69, 9.17) is 20.8 Å². The van der Waals surface area contributed by atoms with Gasteiger partial charge in [-0.25, -0.2) is 0 Å². The smallest absolute Gasteiger partial charge is 0.194 e. The van der Waals surface area contributed by atoms with Gasteiger partial charge in [0.15, 0.2) is 5.22 Å². The van der Waals surface area contributed by atoms with E-state index in [1.54, 1.807) is 12.1 Å². The fourth-order valence-corrected chi connectivity index (χ4v) is 5.44. The minimum absolute atomic E-state index is 0.253. The molecule has 0 atom stereocenters. The minimum atomic E-state index is 0.253. The quantitative estimate of drug-likeness (QED) is 0.239. The van der Waals surface area contributed by atoms with Crippen LogP contribution in [0.15, 0.2) is 77.2 Å². The van der Waals surface area contributed by atoms with E-state index >= 15 is 0 Å². The number of hydrogen-bond donors (Lipinski definition) is 1. The van der Waals surface area contributed by atoms with E-state index < -0.39 is 0 Å². The molecule has 192 valence electrons. The van der Waals surface area contributed by atoms with Crippen LogP contribution in [-0.4, -0.2) is 36.2 Å². The molecule has 1 aliphatic rings. The second-order valence-electron chi connectivity index (χ2n) is 9.69. The number of ether oxygens (including phenoxy) is 1. The molecule has 1 aromatic heterocycles. The molecular weight excluding hydrogens is 482 g/mol. The van der Waals surface area contributed by atoms with Crippen LogP contribution in [0.3, 0.4) is 0 Å². The lowest BCUT2D eigenvalue weighted by Gasteiger charge is -2.20. The zero-order chi connectivity index (χ0) is 25.6. The highest BCUT2D eigenvalue weighted by molar-refractivity contribution is 6.29. The van der Waals surface area contributed by atoms with E-state index in [0.29, 0.717) is 11.8 Å². The van der Waals surface area contributed by atoms with Crippen molar-refractivity contribution in [1.82, 2.24) is 4.90 Å². The summed E-state index contributed by atoms with van der Waals surface area (Å²) in [5.41, 5.74) is 6.39. The van der Waals surface area contributed by atoms with Crippen LogP contribution in [0.25, 0.3) is 22.1 Å². The average Bonchev–Trinajstić information content (AvgIpc) is 3.09. The number of benzene rings is 3. The van der Waals surface area contributed by atoms with Gasteiger partial charge in [0.1, 0.15) is 23.7 Å². The maximum Gasteiger partial charge on any atom is 0.194 e. The summed E-state index contributed by atoms with van der Waals surface area (Å²) in [4.78, 5) is 2.52. The largest absolute Gasteiger partial charge is 0.508 e. The van der Waals surface area contributed by atoms with Crippen molar-refractivity contribution in [2.24, 2.45) is 0 Å². The van der Waals surface area contributed by atoms with E-state index in [1.807, 2.05) is 24.3 Å². The van der Waals surface area contributed by atoms with Gasteiger partial charge in [-0.2, -0.15) is 0 Å². The summed E-state index contributed by atoms with van der Waals surface area (Å²) in [5.74, 6) is 1.14. The van der Waals surface area contributed by atoms with Crippen LogP contribution in [0.4, 0.5) is 0 Å². The molecule has 1 N–H and O–H groups in total. The van der Waals surface area contributed by atoms with Crippen LogP contribution in [0, 0.1) is 0 Å². The van der Waals surface area contributed by atoms with Crippen LogP contribution in [0.2, 0.25) is 5.22 Å². The number of likely N-dealkylation sites (tertiary alicyclic amines) is 1. The van der Waals surface area contributed by atoms with Gasteiger partial charge in [0.25, 0.3) is 0 Å². The Balaban J connectivity index is 1.44. The zero-order valence-electron chi connectivity index (χ0n) is 21.4. The third-order valence-corrected chi connectivity index (χ3v) is 7.35. The Morgan fingerprint density at radius 3 is 2.19 bits per heavy atom. The topological polar surface area (TPSA) is 45.8 Å². The Morgan fingerprint density at radius 1 is 0.865 bits per heavy atom. The first-order valence-electron chi connectivity index (χ1n) is 13.3. The fourth-order valence-electron chi connectivity index (χ4n) is 5.24. The molecule has 1 aliphatic heterocycles. The van der Waals surface area contributed by atoms with Crippen molar-refractivity contribution in [3.05, 3.63) is 94.7 Å². The molecule has 0 saturated carbocycles. The van der Waals surface area contributed by atoms with E-state index in [-0.39, 0.29) is 5.75 Å². The second kappa shape index (κ2) is 11.9. The van der Waals surface area contributed by atoms with Crippen LogP contribution < -0.4 is 4.74 Å². The summed E-state index contributed by atoms with van der Waals surface area (Å²) in [5, 5.41) is 11.3. The molecule has 37 heavy (non-hydrogen) atoms. The summed E-state index contributed by atoms with van der Waals surface area (Å²) in [6, 6.07) is 23.8. The third kappa shape index (κ3) is 6.20. The standard InChI is InChI=1S/C32H34ClNO3/c1-2-29(25-11-16-30-26(21-25)22-31(33)37-30)32(23-7-12-27(35)13-8-23)24-9-14-28(15-10-24)36-20-19-34-17-5-3-4-6-18-34/h7-16,21-22,35H,2-6,17-20H2,1H3. The first kappa shape index (κ1) is 25.4. The van der Waals surface area contributed by atoms with Gasteiger partial charge in [0, 0.05) is 18.0 Å². The number of aromatic hydroxyl groups is 1. The minimum Gasteiger partial charge on any atom is -0.508 e. The van der Waals surface area contributed by atoms with Crippen LogP contribution in [0.1, 0.15) is 55.7 Å². The molecule has 0 aliphatic carbocycles. The van der Waals surface area contributed by atoms with Crippen molar-refractivity contribution < 1.29 is 14.3 Å². The van der Waals surface area contributed by atoms with Crippen molar-refractivity contribution in [2.75, 3.05) is 26.2 Å². The molecule has 3 aromatic carbocycles. The van der Waals surface area contributed by atoms with E-state index in [2.05, 4.69) is 48.2 Å². The highest BCUT2D eigenvalue weighted by Crippen LogP contribution is 2.37. The first-order chi connectivity index (χ1) is 18.1. The molecule has 1 fully saturated rings. The number of phenolic OH excluding ortho intramolecular Hbond substituents is 1. The molecule has 4 aromatic rings. The van der Waals surface area contributed by atoms with E-state index in [9.17, 15) is 5.11 Å². The maximum atomic E-state index is 9.91. The number of halogens is 1. The Labute approximate surface area is 224 Å². The van der Waals surface area contributed by atoms with Crippen LogP contribution in [-0.2, 0) is 0 Å². The molecule has 0 unspecified atom stereocenters. The molecule has 4 nitrogen and oxygen atoms in total. The number of fused-ring (bicyclic) bond motifs is 1. The summed E-state index contributed by atoms with van der Waals surface area (Å²) in [6.07, 6.45) is 6.11. The van der Waals surface area contributed by atoms with Gasteiger partial charge >= 0.3 is 0 Å². The second-order valence-corrected chi connectivity index (χ2v) is 10.1. The highest BCUT2D eigenvalue weighted by Gasteiger charge is 2.15. The Morgan fingerprint density at radius 2 is 1.51 bits per heavy atom. The summed E-state index contributed by atoms with van der Waals surface area (Å²) >= 11 is 6.10. The van der Waals surface area contributed by atoms with Crippen molar-refractivity contribution in [2.45, 2.75) is 39.0 Å². The van der Waals surface area contributed by atoms with Crippen molar-refractivity contribution in [3.63, 3.8) is 0 Å². The lowest BCUT2D eigenvalue weighted by molar-refractivity contribution is 0.214. The van der Waals surface area contributed by atoms with E-state index in [0.717, 1.165) is 51.9 Å². The normalized spacial score (nSPS) is 15.4. The average molecular weight is 516 g/mol. The molecule has 5 heteroatoms. The Hall–Kier alpha value is -3.21. The predicted molar refractivity (Wildman–Crippen MR) is 152 cm³/mol. The maximum absolute atomic E-state index is 9.91. The van der Waals surface area contributed by atoms with Crippen molar-refractivity contribution >= 4 is 33.7 Å². The SMILES string of the molecule is CCC(=C(c1ccc(O)cc1)c1ccc(OCCN2CCCCCC2)cc1)c1ccc2oc(Cl)cc2c1. The van der Waals surface area contributed by atoms with Crippen LogP contribution in [0.5, 0.6) is 11.5 Å². The van der Waals surface area contributed by atoms with E-state index in [1.165, 1.54) is 44.3 Å². The summed E-state index contributed by atoms with van der Waals surface area (Å²) < 4.78 is 11.7. The summed E-state index contributed by atoms with van der Waals surface area (Å²) in [7, 11) is 0. The van der Waals surface area contributed by atoms with Gasteiger partial charge in [-0.05, 0) is 108 Å². The molecule has 0 radical (unpaired) electrons. The van der Waals surface area contributed by atoms with Crippen molar-refractivity contribution in [3.8, 4) is 11.5 Å². The van der Waals surface area contributed by atoms with Gasteiger partial charge < -0.3 is 14.3 Å². The molecule has 1 saturated heterocycles. The Kier molecular flexibility index (Phi) is 8.18. The molecule has 0 bridgehead atoms. The number of rotatable bonds is 8. The molecule has 2 heterocycles. The van der Waals surface area contributed by atoms with Crippen molar-refractivity contribution in [1.29, 1.82) is 0 Å². The number of furan rings is 1. The number of hydrogen-bond acceptors (Lipinski definition) is 4. The van der Waals surface area contributed by atoms with Gasteiger partial charge in [0.2, 0.25) is 0 Å². The molecule has 5 rings (SSSR count). The van der Waals surface area contributed by atoms with Crippen LogP contribution >= 0.6 is 11.6 Å². The third-order valence-electron chi connectivity index (χ3n) is 7.16. The fraction of sp³-hybridized carbons (Fsp3) is 0.312. The number of phenols is 1. The highest BCUT2D eigenvalue weighted by atomic mass is 35.5. The Bertz CT molecular complexity index is 1350. The predicted octanol–water partition coefficient (Wildman–Crippen LogP) is 8.42. The monoisotopic (exact) mass is 515 g/mol. The van der Waals surface area contributed by atoms with Gasteiger partial charge in [-0.1, -0.05) is 50.1 Å². The molecular formula is C32H34ClNO3. The van der Waals surface area contributed by atoms with Gasteiger partial charge in [-0.3, -0.25) is 4.90 Å². The lowest BCUT2D eigenvalue weighted by Crippen LogP contribution is -2.29. The number of nitrogens with zero attached hydrogens (tertiary/aromatic N) is 1. The zero-order valence-corrected chi connectivity index (χ0v) is 22.1. The number of allylic oxidation sites excluding steroid dienone is 1. The molecule has 0 amide bonds. The molecule has 0 spiro atoms. The lowest BCUT2D eigenvalue weighted by atomic mass is 9.88. The van der Waals surface area contributed by atoms with Gasteiger partial charge in [-0.15, -0.1) is 0 Å².